The summed E-state index contributed by atoms with van der Waals surface area (Å²) in [5.41, 5.74) is 2.52. The molecule has 0 aliphatic carbocycles. The van der Waals surface area contributed by atoms with Gasteiger partial charge in [0.1, 0.15) is 6.54 Å². The van der Waals surface area contributed by atoms with Crippen molar-refractivity contribution in [2.75, 3.05) is 0 Å². The van der Waals surface area contributed by atoms with Gasteiger partial charge in [-0.15, -0.1) is 0 Å². The van der Waals surface area contributed by atoms with Crippen LogP contribution in [0.1, 0.15) is 31.2 Å². The number of pyridine rings is 1. The predicted octanol–water partition coefficient (Wildman–Crippen LogP) is 1.75. The van der Waals surface area contributed by atoms with Gasteiger partial charge >= 0.3 is 0 Å². The largest absolute Gasteiger partial charge is 0.550 e. The third kappa shape index (κ3) is 3.53. The summed E-state index contributed by atoms with van der Waals surface area (Å²) in [5, 5.41) is 11.6. The number of carbonyl (C=O) groups is 1. The van der Waals surface area contributed by atoms with Crippen LogP contribution in [0.25, 0.3) is 10.9 Å². The average molecular weight is 257 g/mol. The first-order valence-corrected chi connectivity index (χ1v) is 6.76. The first kappa shape index (κ1) is 13.5. The number of benzene rings is 1. The first-order valence-electron chi connectivity index (χ1n) is 6.76. The molecule has 2 aromatic rings. The van der Waals surface area contributed by atoms with Crippen molar-refractivity contribution in [3.8, 4) is 0 Å². The van der Waals surface area contributed by atoms with E-state index in [4.69, 9.17) is 0 Å². The monoisotopic (exact) mass is 257 g/mol. The Balaban J connectivity index is 2.01. The number of aryl methyl sites for hydroxylation is 2. The van der Waals surface area contributed by atoms with E-state index in [1.165, 1.54) is 16.5 Å². The van der Waals surface area contributed by atoms with Crippen molar-refractivity contribution in [3.63, 3.8) is 0 Å². The highest BCUT2D eigenvalue weighted by molar-refractivity contribution is 5.78. The highest BCUT2D eigenvalue weighted by atomic mass is 16.4. The number of carboxylic acid groups (broad SMARTS) is 1. The lowest BCUT2D eigenvalue weighted by molar-refractivity contribution is -0.671. The molecule has 0 fully saturated rings. The fraction of sp³-hybridized carbons (Fsp3) is 0.375. The highest BCUT2D eigenvalue weighted by Gasteiger charge is 2.09. The molecule has 0 bridgehead atoms. The molecule has 0 amide bonds. The lowest BCUT2D eigenvalue weighted by Crippen LogP contribution is -2.34. The van der Waals surface area contributed by atoms with Gasteiger partial charge in [0.05, 0.1) is 0 Å². The Labute approximate surface area is 113 Å². The van der Waals surface area contributed by atoms with Gasteiger partial charge < -0.3 is 9.90 Å². The van der Waals surface area contributed by atoms with Gasteiger partial charge in [0.25, 0.3) is 0 Å². The molecule has 100 valence electrons. The number of fused-ring (bicyclic) bond motifs is 1. The zero-order chi connectivity index (χ0) is 13.7. The second-order valence-corrected chi connectivity index (χ2v) is 4.89. The van der Waals surface area contributed by atoms with Gasteiger partial charge in [0, 0.05) is 29.9 Å². The Kier molecular flexibility index (Phi) is 4.50. The van der Waals surface area contributed by atoms with Crippen LogP contribution in [-0.2, 0) is 11.3 Å². The number of carboxylic acids is 1. The molecule has 1 aromatic carbocycles. The van der Waals surface area contributed by atoms with Crippen LogP contribution in [0.5, 0.6) is 0 Å². The van der Waals surface area contributed by atoms with E-state index in [0.29, 0.717) is 6.42 Å². The Morgan fingerprint density at radius 2 is 1.95 bits per heavy atom. The number of unbranched alkanes of at least 4 members (excludes halogenated alkanes) is 2. The Morgan fingerprint density at radius 1 is 1.16 bits per heavy atom. The van der Waals surface area contributed by atoms with Crippen LogP contribution in [0, 0.1) is 6.92 Å². The molecule has 3 nitrogen and oxygen atoms in total. The number of hydrogen-bond acceptors (Lipinski definition) is 2. The van der Waals surface area contributed by atoms with E-state index >= 15 is 0 Å². The van der Waals surface area contributed by atoms with Crippen LogP contribution in [0.4, 0.5) is 0 Å². The van der Waals surface area contributed by atoms with Crippen LogP contribution in [0.3, 0.4) is 0 Å². The molecule has 19 heavy (non-hydrogen) atoms. The molecule has 1 aromatic heterocycles. The first-order chi connectivity index (χ1) is 9.18. The normalized spacial score (nSPS) is 10.8. The van der Waals surface area contributed by atoms with Crippen molar-refractivity contribution >= 4 is 16.9 Å². The van der Waals surface area contributed by atoms with E-state index in [0.717, 1.165) is 19.4 Å². The Bertz CT molecular complexity index is 578. The minimum absolute atomic E-state index is 0.166. The molecule has 0 radical (unpaired) electrons. The zero-order valence-corrected chi connectivity index (χ0v) is 11.3. The summed E-state index contributed by atoms with van der Waals surface area (Å²) < 4.78 is 2.24. The number of nitrogens with zero attached hydrogens (tertiary/aromatic N) is 1. The minimum atomic E-state index is -0.951. The number of aromatic nitrogens is 1. The lowest BCUT2D eigenvalue weighted by Gasteiger charge is -2.04. The molecule has 1 heterocycles. The van der Waals surface area contributed by atoms with Gasteiger partial charge in [0.15, 0.2) is 6.20 Å². The van der Waals surface area contributed by atoms with Crippen molar-refractivity contribution in [1.29, 1.82) is 0 Å². The summed E-state index contributed by atoms with van der Waals surface area (Å²) in [5.74, 6) is -0.951. The van der Waals surface area contributed by atoms with Crippen LogP contribution < -0.4 is 9.67 Å². The molecule has 0 N–H and O–H groups in total. The van der Waals surface area contributed by atoms with Crippen molar-refractivity contribution in [1.82, 2.24) is 0 Å². The van der Waals surface area contributed by atoms with E-state index in [-0.39, 0.29) is 6.42 Å². The number of aliphatic carboxylic acids is 1. The highest BCUT2D eigenvalue weighted by Crippen LogP contribution is 2.14. The quantitative estimate of drug-likeness (QED) is 0.584. The fourth-order valence-corrected chi connectivity index (χ4v) is 2.35. The fourth-order valence-electron chi connectivity index (χ4n) is 2.35. The molecule has 0 unspecified atom stereocenters. The van der Waals surface area contributed by atoms with Crippen molar-refractivity contribution in [2.45, 2.75) is 39.2 Å². The standard InChI is InChI=1S/C16H19NO2/c1-13-10-12-17(11-6-2-3-9-16(18)19)15-8-5-4-7-14(13)15/h4-5,7-8,10,12H,2-3,6,9,11H2,1H3. The predicted molar refractivity (Wildman–Crippen MR) is 72.4 cm³/mol. The van der Waals surface area contributed by atoms with Gasteiger partial charge in [-0.25, -0.2) is 0 Å². The smallest absolute Gasteiger partial charge is 0.212 e. The number of carbonyl (C=O) groups excluding carboxylic acids is 1. The topological polar surface area (TPSA) is 44.0 Å². The van der Waals surface area contributed by atoms with E-state index in [1.807, 2.05) is 6.07 Å². The summed E-state index contributed by atoms with van der Waals surface area (Å²) >= 11 is 0. The molecule has 0 aliphatic heterocycles. The van der Waals surface area contributed by atoms with Gasteiger partial charge in [-0.1, -0.05) is 12.1 Å². The SMILES string of the molecule is Cc1cc[n+](CCCCCC(=O)[O-])c2ccccc12. The van der Waals surface area contributed by atoms with Gasteiger partial charge in [-0.05, 0) is 37.8 Å². The Hall–Kier alpha value is -1.90. The summed E-state index contributed by atoms with van der Waals surface area (Å²) in [7, 11) is 0. The van der Waals surface area contributed by atoms with E-state index in [9.17, 15) is 9.90 Å². The summed E-state index contributed by atoms with van der Waals surface area (Å²) in [6, 6.07) is 10.5. The summed E-state index contributed by atoms with van der Waals surface area (Å²) in [4.78, 5) is 10.3. The molecular weight excluding hydrogens is 238 g/mol. The van der Waals surface area contributed by atoms with Gasteiger partial charge in [0.2, 0.25) is 5.52 Å². The van der Waals surface area contributed by atoms with Gasteiger partial charge in [-0.3, -0.25) is 0 Å². The third-order valence-electron chi connectivity index (χ3n) is 3.42. The lowest BCUT2D eigenvalue weighted by atomic mass is 10.1. The molecular formula is C16H19NO2. The maximum atomic E-state index is 10.3. The number of para-hydroxylation sites is 1. The van der Waals surface area contributed by atoms with E-state index in [2.05, 4.69) is 42.0 Å². The zero-order valence-electron chi connectivity index (χ0n) is 11.3. The molecule has 0 aliphatic rings. The van der Waals surface area contributed by atoms with Gasteiger partial charge in [-0.2, -0.15) is 4.57 Å². The minimum Gasteiger partial charge on any atom is -0.550 e. The van der Waals surface area contributed by atoms with E-state index < -0.39 is 5.97 Å². The molecule has 0 spiro atoms. The maximum Gasteiger partial charge on any atom is 0.212 e. The number of hydrogen-bond donors (Lipinski definition) is 0. The Morgan fingerprint density at radius 3 is 2.74 bits per heavy atom. The molecule has 3 heteroatoms. The third-order valence-corrected chi connectivity index (χ3v) is 3.42. The number of rotatable bonds is 6. The van der Waals surface area contributed by atoms with Crippen molar-refractivity contribution < 1.29 is 14.5 Å². The van der Waals surface area contributed by atoms with E-state index in [1.54, 1.807) is 0 Å². The molecule has 0 atom stereocenters. The molecule has 0 saturated heterocycles. The summed E-state index contributed by atoms with van der Waals surface area (Å²) in [6.07, 6.45) is 4.89. The average Bonchev–Trinajstić information content (AvgIpc) is 2.41. The maximum absolute atomic E-state index is 10.3. The summed E-state index contributed by atoms with van der Waals surface area (Å²) in [6.45, 7) is 3.04. The van der Waals surface area contributed by atoms with Crippen LogP contribution >= 0.6 is 0 Å². The van der Waals surface area contributed by atoms with Crippen molar-refractivity contribution in [3.05, 3.63) is 42.1 Å². The van der Waals surface area contributed by atoms with Crippen LogP contribution in [-0.4, -0.2) is 5.97 Å². The van der Waals surface area contributed by atoms with Crippen molar-refractivity contribution in [2.24, 2.45) is 0 Å². The van der Waals surface area contributed by atoms with Crippen LogP contribution in [0.2, 0.25) is 0 Å². The second-order valence-electron chi connectivity index (χ2n) is 4.89. The van der Waals surface area contributed by atoms with Crippen LogP contribution in [0.15, 0.2) is 36.5 Å². The molecule has 0 saturated carbocycles. The molecule has 2 rings (SSSR count). The second kappa shape index (κ2) is 6.32.